The quantitative estimate of drug-likeness (QED) is 0.393. The third-order valence-corrected chi connectivity index (χ3v) is 1.16. The predicted molar refractivity (Wildman–Crippen MR) is 58.8 cm³/mol. The van der Waals surface area contributed by atoms with E-state index in [1.807, 2.05) is 6.92 Å². The van der Waals surface area contributed by atoms with Crippen LogP contribution in [0.4, 0.5) is 0 Å². The standard InChI is InChI=1S/C6H11NO2.C4H7NO/c1-3-6(8)7-5-9-4-2;1-3(2)4(5)6/h3H,1,4-5H2,2H3,(H,7,8);1H2,2H3,(H2,5,6). The molecule has 15 heavy (non-hydrogen) atoms. The Bertz CT molecular complexity index is 225. The van der Waals surface area contributed by atoms with Gasteiger partial charge in [0, 0.05) is 12.2 Å². The van der Waals surface area contributed by atoms with Crippen LogP contribution in [0.25, 0.3) is 0 Å². The second kappa shape index (κ2) is 10.5. The van der Waals surface area contributed by atoms with E-state index in [0.29, 0.717) is 12.2 Å². The Morgan fingerprint density at radius 2 is 2.00 bits per heavy atom. The van der Waals surface area contributed by atoms with Gasteiger partial charge in [-0.1, -0.05) is 13.2 Å². The molecule has 3 N–H and O–H groups in total. The Balaban J connectivity index is 0. The third-order valence-electron chi connectivity index (χ3n) is 1.16. The minimum absolute atomic E-state index is 0.205. The highest BCUT2D eigenvalue weighted by Crippen LogP contribution is 1.78. The first-order valence-corrected chi connectivity index (χ1v) is 4.39. The zero-order valence-electron chi connectivity index (χ0n) is 9.21. The molecule has 5 heteroatoms. The number of carbonyl (C=O) groups excluding carboxylic acids is 2. The highest BCUT2D eigenvalue weighted by Gasteiger charge is 1.88. The van der Waals surface area contributed by atoms with E-state index >= 15 is 0 Å². The van der Waals surface area contributed by atoms with Gasteiger partial charge in [-0.3, -0.25) is 9.59 Å². The minimum atomic E-state index is -0.435. The summed E-state index contributed by atoms with van der Waals surface area (Å²) < 4.78 is 4.83. The molecule has 0 aromatic rings. The fraction of sp³-hybridized carbons (Fsp3) is 0.400. The molecule has 0 bridgehead atoms. The van der Waals surface area contributed by atoms with Crippen LogP contribution in [0, 0.1) is 0 Å². The molecule has 0 saturated carbocycles. The summed E-state index contributed by atoms with van der Waals surface area (Å²) in [5, 5.41) is 2.45. The molecule has 0 rings (SSSR count). The number of hydrogen-bond donors (Lipinski definition) is 2. The van der Waals surface area contributed by atoms with Crippen LogP contribution >= 0.6 is 0 Å². The van der Waals surface area contributed by atoms with Crippen molar-refractivity contribution in [1.29, 1.82) is 0 Å². The van der Waals surface area contributed by atoms with Crippen molar-refractivity contribution in [3.63, 3.8) is 0 Å². The molecule has 0 spiro atoms. The van der Waals surface area contributed by atoms with Crippen LogP contribution in [0.3, 0.4) is 0 Å². The normalized spacial score (nSPS) is 8.13. The Labute approximate surface area is 90.0 Å². The summed E-state index contributed by atoms with van der Waals surface area (Å²) in [6, 6.07) is 0. The minimum Gasteiger partial charge on any atom is -0.366 e. The molecule has 0 fully saturated rings. The lowest BCUT2D eigenvalue weighted by Crippen LogP contribution is -2.23. The molecule has 0 heterocycles. The van der Waals surface area contributed by atoms with Crippen LogP contribution in [0.1, 0.15) is 13.8 Å². The van der Waals surface area contributed by atoms with Crippen LogP contribution < -0.4 is 11.1 Å². The smallest absolute Gasteiger partial charge is 0.245 e. The predicted octanol–water partition coefficient (Wildman–Crippen LogP) is 0.330. The number of nitrogens with two attached hydrogens (primary N) is 1. The highest BCUT2D eigenvalue weighted by atomic mass is 16.5. The van der Waals surface area contributed by atoms with Gasteiger partial charge in [0.2, 0.25) is 11.8 Å². The van der Waals surface area contributed by atoms with Crippen molar-refractivity contribution >= 4 is 11.8 Å². The van der Waals surface area contributed by atoms with Gasteiger partial charge in [-0.25, -0.2) is 0 Å². The molecule has 0 aliphatic carbocycles. The van der Waals surface area contributed by atoms with Crippen molar-refractivity contribution in [2.45, 2.75) is 13.8 Å². The first-order chi connectivity index (χ1) is 6.95. The molecule has 0 aliphatic rings. The van der Waals surface area contributed by atoms with E-state index in [-0.39, 0.29) is 12.6 Å². The van der Waals surface area contributed by atoms with Gasteiger partial charge in [0.25, 0.3) is 0 Å². The third kappa shape index (κ3) is 15.2. The maximum atomic E-state index is 10.4. The molecule has 0 radical (unpaired) electrons. The number of ether oxygens (including phenoxy) is 1. The van der Waals surface area contributed by atoms with E-state index in [1.54, 1.807) is 6.92 Å². The van der Waals surface area contributed by atoms with Gasteiger partial charge in [0.05, 0.1) is 0 Å². The van der Waals surface area contributed by atoms with Gasteiger partial charge < -0.3 is 15.8 Å². The van der Waals surface area contributed by atoms with Gasteiger partial charge in [0.15, 0.2) is 0 Å². The fourth-order valence-electron chi connectivity index (χ4n) is 0.296. The first kappa shape index (κ1) is 15.8. The topological polar surface area (TPSA) is 81.4 Å². The van der Waals surface area contributed by atoms with Gasteiger partial charge in [-0.2, -0.15) is 0 Å². The summed E-state index contributed by atoms with van der Waals surface area (Å²) in [6.07, 6.45) is 1.21. The lowest BCUT2D eigenvalue weighted by atomic mass is 10.3. The van der Waals surface area contributed by atoms with E-state index in [0.717, 1.165) is 0 Å². The average Bonchev–Trinajstić information content (AvgIpc) is 2.18. The molecule has 0 aromatic heterocycles. The lowest BCUT2D eigenvalue weighted by Gasteiger charge is -1.99. The molecular formula is C10H18N2O3. The van der Waals surface area contributed by atoms with E-state index in [4.69, 9.17) is 10.5 Å². The van der Waals surface area contributed by atoms with Crippen molar-refractivity contribution in [3.8, 4) is 0 Å². The Kier molecular flexibility index (Phi) is 11.0. The number of primary amides is 1. The highest BCUT2D eigenvalue weighted by molar-refractivity contribution is 5.90. The van der Waals surface area contributed by atoms with E-state index in [1.165, 1.54) is 6.08 Å². The molecule has 86 valence electrons. The van der Waals surface area contributed by atoms with Crippen LogP contribution in [-0.2, 0) is 14.3 Å². The summed E-state index contributed by atoms with van der Waals surface area (Å²) in [7, 11) is 0. The molecule has 0 unspecified atom stereocenters. The largest absolute Gasteiger partial charge is 0.366 e. The fourth-order valence-corrected chi connectivity index (χ4v) is 0.296. The Hall–Kier alpha value is -1.62. The Morgan fingerprint density at radius 1 is 1.53 bits per heavy atom. The zero-order chi connectivity index (χ0) is 12.3. The first-order valence-electron chi connectivity index (χ1n) is 4.39. The monoisotopic (exact) mass is 214 g/mol. The summed E-state index contributed by atoms with van der Waals surface area (Å²) in [6.45, 7) is 10.9. The molecule has 0 saturated heterocycles. The van der Waals surface area contributed by atoms with Gasteiger partial charge in [-0.05, 0) is 19.9 Å². The lowest BCUT2D eigenvalue weighted by molar-refractivity contribution is -0.118. The van der Waals surface area contributed by atoms with Crippen molar-refractivity contribution in [2.24, 2.45) is 5.73 Å². The van der Waals surface area contributed by atoms with Crippen molar-refractivity contribution in [3.05, 3.63) is 24.8 Å². The molecule has 2 amide bonds. The van der Waals surface area contributed by atoms with Crippen molar-refractivity contribution < 1.29 is 14.3 Å². The molecule has 0 aliphatic heterocycles. The number of rotatable bonds is 5. The second-order valence-corrected chi connectivity index (χ2v) is 2.53. The summed E-state index contributed by atoms with van der Waals surface area (Å²) in [5.41, 5.74) is 5.09. The van der Waals surface area contributed by atoms with Gasteiger partial charge in [-0.15, -0.1) is 0 Å². The van der Waals surface area contributed by atoms with Crippen LogP contribution in [-0.4, -0.2) is 25.2 Å². The van der Waals surface area contributed by atoms with Crippen LogP contribution in [0.2, 0.25) is 0 Å². The van der Waals surface area contributed by atoms with E-state index in [9.17, 15) is 9.59 Å². The number of nitrogens with one attached hydrogen (secondary N) is 1. The number of carbonyl (C=O) groups is 2. The molecule has 0 aromatic carbocycles. The summed E-state index contributed by atoms with van der Waals surface area (Å²) in [4.78, 5) is 20.2. The summed E-state index contributed by atoms with van der Waals surface area (Å²) >= 11 is 0. The number of hydrogen-bond acceptors (Lipinski definition) is 3. The van der Waals surface area contributed by atoms with Gasteiger partial charge >= 0.3 is 0 Å². The van der Waals surface area contributed by atoms with Crippen LogP contribution in [0.5, 0.6) is 0 Å². The molecule has 5 nitrogen and oxygen atoms in total. The zero-order valence-corrected chi connectivity index (χ0v) is 9.21. The SMILES string of the molecule is C=C(C)C(N)=O.C=CC(=O)NCOCC. The van der Waals surface area contributed by atoms with E-state index < -0.39 is 5.91 Å². The maximum Gasteiger partial charge on any atom is 0.245 e. The van der Waals surface area contributed by atoms with Crippen molar-refractivity contribution in [2.75, 3.05) is 13.3 Å². The molecular weight excluding hydrogens is 196 g/mol. The van der Waals surface area contributed by atoms with Crippen molar-refractivity contribution in [1.82, 2.24) is 5.32 Å². The van der Waals surface area contributed by atoms with E-state index in [2.05, 4.69) is 18.5 Å². The van der Waals surface area contributed by atoms with Crippen LogP contribution in [0.15, 0.2) is 24.8 Å². The summed E-state index contributed by atoms with van der Waals surface area (Å²) in [5.74, 6) is -0.640. The van der Waals surface area contributed by atoms with Gasteiger partial charge in [0.1, 0.15) is 6.73 Å². The average molecular weight is 214 g/mol. The second-order valence-electron chi connectivity index (χ2n) is 2.53. The number of amides is 2. The Morgan fingerprint density at radius 3 is 2.27 bits per heavy atom. The maximum absolute atomic E-state index is 10.4. The molecule has 0 atom stereocenters.